The lowest BCUT2D eigenvalue weighted by atomic mass is 9.84. The van der Waals surface area contributed by atoms with Gasteiger partial charge >= 0.3 is 0 Å². The second kappa shape index (κ2) is 4.48. The summed E-state index contributed by atoms with van der Waals surface area (Å²) in [5.74, 6) is 1.37. The Balaban J connectivity index is 1.98. The molecular formula is C15H17NO2. The van der Waals surface area contributed by atoms with Crippen molar-refractivity contribution in [2.45, 2.75) is 12.8 Å². The van der Waals surface area contributed by atoms with Crippen molar-refractivity contribution < 1.29 is 9.53 Å². The molecule has 0 atom stereocenters. The maximum absolute atomic E-state index is 12.2. The van der Waals surface area contributed by atoms with Crippen LogP contribution >= 0.6 is 0 Å². The van der Waals surface area contributed by atoms with E-state index in [1.54, 1.807) is 7.11 Å². The van der Waals surface area contributed by atoms with Crippen LogP contribution in [0.4, 0.5) is 0 Å². The molecule has 3 nitrogen and oxygen atoms in total. The molecule has 0 aliphatic carbocycles. The number of hydrogen-bond acceptors (Lipinski definition) is 3. The third kappa shape index (κ3) is 1.80. The van der Waals surface area contributed by atoms with E-state index < -0.39 is 0 Å². The molecule has 3 saturated heterocycles. The van der Waals surface area contributed by atoms with Crippen LogP contribution in [0.15, 0.2) is 30.0 Å². The number of hydrogen-bond donors (Lipinski definition) is 0. The number of methoxy groups -OCH3 is 1. The zero-order valence-electron chi connectivity index (χ0n) is 10.6. The topological polar surface area (TPSA) is 29.5 Å². The Morgan fingerprint density at radius 1 is 1.28 bits per heavy atom. The molecule has 3 aliphatic rings. The monoisotopic (exact) mass is 243 g/mol. The number of fused-ring (bicyclic) bond motifs is 3. The highest BCUT2D eigenvalue weighted by atomic mass is 16.5. The Labute approximate surface area is 107 Å². The Bertz CT molecular complexity index is 499. The van der Waals surface area contributed by atoms with Crippen LogP contribution in [0.1, 0.15) is 18.4 Å². The Hall–Kier alpha value is -1.77. The van der Waals surface area contributed by atoms with E-state index in [0.717, 1.165) is 42.9 Å². The van der Waals surface area contributed by atoms with E-state index in [-0.39, 0.29) is 5.92 Å². The zero-order chi connectivity index (χ0) is 12.5. The summed E-state index contributed by atoms with van der Waals surface area (Å²) < 4.78 is 5.33. The third-order valence-corrected chi connectivity index (χ3v) is 3.89. The Kier molecular flexibility index (Phi) is 2.82. The lowest BCUT2D eigenvalue weighted by Crippen LogP contribution is -2.45. The van der Waals surface area contributed by atoms with Crippen molar-refractivity contribution in [3.8, 4) is 5.75 Å². The maximum Gasteiger partial charge on any atom is 0.182 e. The lowest BCUT2D eigenvalue weighted by Gasteiger charge is -2.41. The first-order valence-electron chi connectivity index (χ1n) is 6.43. The van der Waals surface area contributed by atoms with Gasteiger partial charge in [-0.25, -0.2) is 0 Å². The number of benzene rings is 1. The molecule has 3 fully saturated rings. The molecule has 1 aromatic rings. The van der Waals surface area contributed by atoms with Crippen LogP contribution in [0.2, 0.25) is 0 Å². The van der Waals surface area contributed by atoms with Crippen LogP contribution in [0, 0.1) is 5.92 Å². The largest absolute Gasteiger partial charge is 0.496 e. The highest BCUT2D eigenvalue weighted by Gasteiger charge is 2.36. The lowest BCUT2D eigenvalue weighted by molar-refractivity contribution is -0.125. The van der Waals surface area contributed by atoms with E-state index in [0.29, 0.717) is 5.78 Å². The second-order valence-electron chi connectivity index (χ2n) is 4.90. The number of ketones is 1. The minimum Gasteiger partial charge on any atom is -0.496 e. The summed E-state index contributed by atoms with van der Waals surface area (Å²) in [5, 5.41) is 0. The van der Waals surface area contributed by atoms with Crippen LogP contribution in [0.5, 0.6) is 5.75 Å². The predicted molar refractivity (Wildman–Crippen MR) is 70.3 cm³/mol. The molecule has 18 heavy (non-hydrogen) atoms. The van der Waals surface area contributed by atoms with Crippen LogP contribution in [0.3, 0.4) is 0 Å². The Morgan fingerprint density at radius 2 is 2.00 bits per heavy atom. The van der Waals surface area contributed by atoms with Gasteiger partial charge in [-0.2, -0.15) is 0 Å². The molecule has 2 bridgehead atoms. The van der Waals surface area contributed by atoms with E-state index in [1.807, 2.05) is 30.3 Å². The summed E-state index contributed by atoms with van der Waals surface area (Å²) in [7, 11) is 1.66. The molecule has 0 saturated carbocycles. The first-order chi connectivity index (χ1) is 8.79. The van der Waals surface area contributed by atoms with Gasteiger partial charge in [0, 0.05) is 24.6 Å². The van der Waals surface area contributed by atoms with Crippen molar-refractivity contribution >= 4 is 11.9 Å². The smallest absolute Gasteiger partial charge is 0.182 e. The minimum atomic E-state index is 0.246. The van der Waals surface area contributed by atoms with Crippen molar-refractivity contribution in [3.05, 3.63) is 35.5 Å². The van der Waals surface area contributed by atoms with E-state index in [9.17, 15) is 4.79 Å². The molecular weight excluding hydrogens is 226 g/mol. The summed E-state index contributed by atoms with van der Waals surface area (Å²) >= 11 is 0. The summed E-state index contributed by atoms with van der Waals surface area (Å²) in [6, 6.07) is 7.82. The third-order valence-electron chi connectivity index (χ3n) is 3.89. The number of allylic oxidation sites excluding steroid dienone is 1. The van der Waals surface area contributed by atoms with Crippen LogP contribution in [0.25, 0.3) is 6.08 Å². The SMILES string of the molecule is COc1ccccc1/C=C1\C(=O)C2CCN1CC2. The fourth-order valence-corrected chi connectivity index (χ4v) is 2.84. The number of para-hydroxylation sites is 1. The van der Waals surface area contributed by atoms with Gasteiger partial charge < -0.3 is 9.64 Å². The number of piperidine rings is 3. The van der Waals surface area contributed by atoms with Crippen molar-refractivity contribution in [1.82, 2.24) is 4.90 Å². The number of rotatable bonds is 2. The number of ether oxygens (including phenoxy) is 1. The first-order valence-corrected chi connectivity index (χ1v) is 6.43. The molecule has 1 aromatic carbocycles. The molecule has 4 rings (SSSR count). The van der Waals surface area contributed by atoms with E-state index in [4.69, 9.17) is 4.74 Å². The van der Waals surface area contributed by atoms with Gasteiger partial charge in [-0.3, -0.25) is 4.79 Å². The van der Waals surface area contributed by atoms with Gasteiger partial charge in [-0.15, -0.1) is 0 Å². The van der Waals surface area contributed by atoms with Gasteiger partial charge in [0.1, 0.15) is 5.75 Å². The van der Waals surface area contributed by atoms with Crippen LogP contribution < -0.4 is 4.74 Å². The average Bonchev–Trinajstić information content (AvgIpc) is 2.44. The molecule has 3 aliphatic heterocycles. The molecule has 0 radical (unpaired) electrons. The minimum absolute atomic E-state index is 0.246. The van der Waals surface area contributed by atoms with Crippen LogP contribution in [-0.2, 0) is 4.79 Å². The van der Waals surface area contributed by atoms with Gasteiger partial charge in [-0.1, -0.05) is 18.2 Å². The van der Waals surface area contributed by atoms with Crippen LogP contribution in [-0.4, -0.2) is 30.9 Å². The molecule has 94 valence electrons. The second-order valence-corrected chi connectivity index (χ2v) is 4.90. The van der Waals surface area contributed by atoms with E-state index in [1.165, 1.54) is 0 Å². The molecule has 0 aromatic heterocycles. The van der Waals surface area contributed by atoms with Crippen molar-refractivity contribution in [2.75, 3.05) is 20.2 Å². The highest BCUT2D eigenvalue weighted by molar-refractivity contribution is 6.02. The normalized spacial score (nSPS) is 21.7. The van der Waals surface area contributed by atoms with Crippen molar-refractivity contribution in [1.29, 1.82) is 0 Å². The molecule has 0 spiro atoms. The van der Waals surface area contributed by atoms with Gasteiger partial charge in [0.2, 0.25) is 0 Å². The molecule has 0 unspecified atom stereocenters. The molecule has 0 amide bonds. The number of nitrogens with zero attached hydrogens (tertiary/aromatic N) is 1. The van der Waals surface area contributed by atoms with Crippen molar-refractivity contribution in [2.24, 2.45) is 5.92 Å². The highest BCUT2D eigenvalue weighted by Crippen LogP contribution is 2.33. The standard InChI is InChI=1S/C15H17NO2/c1-18-14-5-3-2-4-12(14)10-13-15(17)11-6-8-16(13)9-7-11/h2-5,10-11H,6-9H2,1H3/b13-10+. The predicted octanol–water partition coefficient (Wildman–Crippen LogP) is 2.33. The van der Waals surface area contributed by atoms with E-state index >= 15 is 0 Å². The van der Waals surface area contributed by atoms with Gasteiger partial charge in [0.15, 0.2) is 5.78 Å². The summed E-state index contributed by atoms with van der Waals surface area (Å²) in [4.78, 5) is 14.4. The van der Waals surface area contributed by atoms with Gasteiger partial charge in [0.05, 0.1) is 12.8 Å². The van der Waals surface area contributed by atoms with Gasteiger partial charge in [0.25, 0.3) is 0 Å². The number of carbonyl (C=O) groups is 1. The summed E-state index contributed by atoms with van der Waals surface area (Å²) in [6.45, 7) is 2.02. The van der Waals surface area contributed by atoms with Gasteiger partial charge in [-0.05, 0) is 25.0 Å². The van der Waals surface area contributed by atoms with Crippen molar-refractivity contribution in [3.63, 3.8) is 0 Å². The summed E-state index contributed by atoms with van der Waals surface area (Å²) in [5.41, 5.74) is 1.85. The Morgan fingerprint density at radius 3 is 2.67 bits per heavy atom. The quantitative estimate of drug-likeness (QED) is 0.747. The first kappa shape index (κ1) is 11.3. The number of Topliss-reactive ketones (excluding diaryl/α,β-unsaturated/α-hetero) is 1. The van der Waals surface area contributed by atoms with E-state index in [2.05, 4.69) is 4.90 Å². The number of carbonyl (C=O) groups excluding carboxylic acids is 1. The fraction of sp³-hybridized carbons (Fsp3) is 0.400. The average molecular weight is 243 g/mol. The summed E-state index contributed by atoms with van der Waals surface area (Å²) in [6.07, 6.45) is 4.01. The maximum atomic E-state index is 12.2. The molecule has 0 N–H and O–H groups in total. The fourth-order valence-electron chi connectivity index (χ4n) is 2.84. The molecule has 3 heterocycles. The zero-order valence-corrected chi connectivity index (χ0v) is 10.6. The molecule has 3 heteroatoms.